The second-order valence-electron chi connectivity index (χ2n) is 3.21. The monoisotopic (exact) mass is 177 g/mol. The van der Waals surface area contributed by atoms with Crippen LogP contribution in [0.3, 0.4) is 0 Å². The molecule has 1 fully saturated rings. The third-order valence-corrected chi connectivity index (χ3v) is 5.26. The molecule has 1 nitrogen and oxygen atoms in total. The first-order chi connectivity index (χ1) is 5.16. The summed E-state index contributed by atoms with van der Waals surface area (Å²) in [6.45, 7) is 3.57. The van der Waals surface area contributed by atoms with E-state index in [0.717, 1.165) is 12.6 Å². The predicted molar refractivity (Wildman–Crippen MR) is 48.1 cm³/mol. The molecule has 1 heterocycles. The van der Waals surface area contributed by atoms with E-state index in [2.05, 4.69) is 6.58 Å². The first kappa shape index (κ1) is 9.15. The smallest absolute Gasteiger partial charge is 0.106 e. The summed E-state index contributed by atoms with van der Waals surface area (Å²) in [6, 6.07) is 0. The summed E-state index contributed by atoms with van der Waals surface area (Å²) < 4.78 is 12.8. The third kappa shape index (κ3) is 2.53. The number of allylic oxidation sites excluding steroid dienone is 1. The molecule has 1 saturated heterocycles. The van der Waals surface area contributed by atoms with Crippen LogP contribution in [0.25, 0.3) is 0 Å². The topological polar surface area (TPSA) is 20.2 Å². The van der Waals surface area contributed by atoms with Gasteiger partial charge in [-0.25, -0.2) is 4.39 Å². The predicted octanol–water partition coefficient (Wildman–Crippen LogP) is 2.23. The zero-order valence-electron chi connectivity index (χ0n) is 6.67. The van der Waals surface area contributed by atoms with Crippen molar-refractivity contribution < 1.29 is 9.28 Å². The van der Waals surface area contributed by atoms with Crippen molar-refractivity contribution in [3.05, 3.63) is 12.7 Å². The van der Waals surface area contributed by atoms with Crippen LogP contribution in [0.2, 0.25) is 0 Å². The Morgan fingerprint density at radius 2 is 2.45 bits per heavy atom. The van der Waals surface area contributed by atoms with E-state index < -0.39 is 13.7 Å². The van der Waals surface area contributed by atoms with Gasteiger partial charge in [0.1, 0.15) is 6.17 Å². The van der Waals surface area contributed by atoms with Crippen molar-refractivity contribution in [2.24, 2.45) is 0 Å². The number of halogens is 1. The maximum atomic E-state index is 12.8. The molecule has 0 aromatic carbocycles. The van der Waals surface area contributed by atoms with Gasteiger partial charge in [-0.2, -0.15) is 0 Å². The minimum Gasteiger partial charge on any atom is -0.379 e. The van der Waals surface area contributed by atoms with Crippen molar-refractivity contribution in [1.29, 1.82) is 0 Å². The van der Waals surface area contributed by atoms with Crippen LogP contribution in [0.5, 0.6) is 0 Å². The molecule has 2 atom stereocenters. The van der Waals surface area contributed by atoms with Crippen LogP contribution in [0.15, 0.2) is 12.7 Å². The van der Waals surface area contributed by atoms with E-state index in [4.69, 9.17) is 0 Å². The van der Waals surface area contributed by atoms with Crippen LogP contribution in [0.4, 0.5) is 4.39 Å². The molecule has 0 aromatic heterocycles. The van der Waals surface area contributed by atoms with Gasteiger partial charge in [0.2, 0.25) is 0 Å². The summed E-state index contributed by atoms with van der Waals surface area (Å²) in [5, 5.41) is 0. The van der Waals surface area contributed by atoms with Gasteiger partial charge in [0.05, 0.1) is 0 Å². The van der Waals surface area contributed by atoms with Crippen LogP contribution in [-0.4, -0.2) is 29.6 Å². The maximum absolute atomic E-state index is 12.8. The average Bonchev–Trinajstić information content (AvgIpc) is 1.86. The molecule has 0 saturated carbocycles. The third-order valence-electron chi connectivity index (χ3n) is 2.10. The van der Waals surface area contributed by atoms with Gasteiger partial charge in [0.25, 0.3) is 0 Å². The molecule has 1 N–H and O–H groups in total. The van der Waals surface area contributed by atoms with Gasteiger partial charge in [0, 0.05) is 12.3 Å². The molecule has 1 rings (SSSR count). The Bertz CT molecular complexity index is 151. The summed E-state index contributed by atoms with van der Waals surface area (Å²) in [6.07, 6.45) is 4.30. The Balaban J connectivity index is 2.47. The van der Waals surface area contributed by atoms with Crippen molar-refractivity contribution in [2.75, 3.05) is 18.5 Å². The van der Waals surface area contributed by atoms with Crippen molar-refractivity contribution in [1.82, 2.24) is 0 Å². The average molecular weight is 177 g/mol. The largest absolute Gasteiger partial charge is 0.379 e. The van der Waals surface area contributed by atoms with E-state index in [1.165, 1.54) is 0 Å². The van der Waals surface area contributed by atoms with Crippen molar-refractivity contribution in [3.8, 4) is 0 Å². The van der Waals surface area contributed by atoms with Crippen molar-refractivity contribution in [2.45, 2.75) is 19.0 Å². The Morgan fingerprint density at radius 1 is 1.73 bits per heavy atom. The molecule has 3 heteroatoms. The Hall–Kier alpha value is 0.0600. The van der Waals surface area contributed by atoms with E-state index in [1.54, 1.807) is 6.08 Å². The van der Waals surface area contributed by atoms with Crippen LogP contribution < -0.4 is 0 Å². The Morgan fingerprint density at radius 3 is 3.00 bits per heavy atom. The molecule has 0 amide bonds. The second-order valence-corrected chi connectivity index (χ2v) is 6.58. The van der Waals surface area contributed by atoms with E-state index in [9.17, 15) is 9.28 Å². The quantitative estimate of drug-likeness (QED) is 0.506. The van der Waals surface area contributed by atoms with E-state index in [0.29, 0.717) is 18.7 Å². The molecule has 1 aliphatic heterocycles. The van der Waals surface area contributed by atoms with Crippen molar-refractivity contribution >= 4 is 7.49 Å². The first-order valence-electron chi connectivity index (χ1n) is 4.00. The summed E-state index contributed by atoms with van der Waals surface area (Å²) in [5.41, 5.74) is 0. The van der Waals surface area contributed by atoms with Crippen LogP contribution in [-0.2, 0) is 0 Å². The van der Waals surface area contributed by atoms with Crippen LogP contribution in [0, 0.1) is 0 Å². The first-order valence-corrected chi connectivity index (χ1v) is 6.30. The molecule has 11 heavy (non-hydrogen) atoms. The van der Waals surface area contributed by atoms with Gasteiger partial charge >= 0.3 is 0 Å². The summed E-state index contributed by atoms with van der Waals surface area (Å²) in [4.78, 5) is 9.84. The minimum atomic E-state index is -1.91. The number of rotatable bonds is 2. The van der Waals surface area contributed by atoms with Gasteiger partial charge in [-0.05, 0) is 26.5 Å². The molecule has 1 radical (unpaired) electrons. The van der Waals surface area contributed by atoms with Gasteiger partial charge in [-0.3, -0.25) is 0 Å². The molecular weight excluding hydrogens is 162 g/mol. The summed E-state index contributed by atoms with van der Waals surface area (Å²) in [5.74, 6) is 0. The summed E-state index contributed by atoms with van der Waals surface area (Å²) in [7, 11) is -1.91. The zero-order chi connectivity index (χ0) is 8.32. The van der Waals surface area contributed by atoms with Crippen LogP contribution >= 0.6 is 7.49 Å². The second kappa shape index (κ2) is 3.64. The lowest BCUT2D eigenvalue weighted by Crippen LogP contribution is -2.21. The van der Waals surface area contributed by atoms with E-state index >= 15 is 0 Å². The lowest BCUT2D eigenvalue weighted by molar-refractivity contribution is 0.326. The van der Waals surface area contributed by atoms with Gasteiger partial charge in [-0.1, -0.05) is 6.08 Å². The van der Waals surface area contributed by atoms with E-state index in [1.807, 2.05) is 0 Å². The SMILES string of the molecule is C=CC[P]1(O)CCCC(F)C1. The minimum absolute atomic E-state index is 0.402. The van der Waals surface area contributed by atoms with Gasteiger partial charge in [0.15, 0.2) is 0 Å². The number of alkyl halides is 1. The fraction of sp³-hybridized carbons (Fsp3) is 0.750. The molecule has 0 aliphatic carbocycles. The molecule has 0 spiro atoms. The molecule has 2 unspecified atom stereocenters. The van der Waals surface area contributed by atoms with Crippen LogP contribution in [0.1, 0.15) is 12.8 Å². The Kier molecular flexibility index (Phi) is 3.03. The standard InChI is InChI=1S/C8H15FOP/c1-2-5-11(10)6-3-4-8(9)7-11/h2,8,10H,1,3-7H2. The number of hydrogen-bond donors (Lipinski definition) is 1. The molecule has 65 valence electrons. The fourth-order valence-corrected chi connectivity index (χ4v) is 4.25. The highest BCUT2D eigenvalue weighted by molar-refractivity contribution is 7.70. The highest BCUT2D eigenvalue weighted by Gasteiger charge is 2.31. The zero-order valence-corrected chi connectivity index (χ0v) is 7.56. The molecule has 0 bridgehead atoms. The maximum Gasteiger partial charge on any atom is 0.106 e. The molecular formula is C8H15FOP. The molecule has 0 aromatic rings. The fourth-order valence-electron chi connectivity index (χ4n) is 1.56. The number of hydrogen-bond acceptors (Lipinski definition) is 1. The summed E-state index contributed by atoms with van der Waals surface area (Å²) >= 11 is 0. The lowest BCUT2D eigenvalue weighted by Gasteiger charge is -2.34. The van der Waals surface area contributed by atoms with Gasteiger partial charge in [-0.15, -0.1) is 6.58 Å². The normalized spacial score (nSPS) is 38.5. The van der Waals surface area contributed by atoms with Gasteiger partial charge < -0.3 is 4.89 Å². The van der Waals surface area contributed by atoms with E-state index in [-0.39, 0.29) is 0 Å². The highest BCUT2D eigenvalue weighted by Crippen LogP contribution is 2.58. The molecule has 1 aliphatic rings. The lowest BCUT2D eigenvalue weighted by atomic mass is 10.2. The van der Waals surface area contributed by atoms with Crippen molar-refractivity contribution in [3.63, 3.8) is 0 Å². The highest BCUT2D eigenvalue weighted by atomic mass is 31.2. The Labute approximate surface area is 67.7 Å².